The SMILES string of the molecule is Cc1ccc(CNCCc2nnc3ccccn23)o1. The lowest BCUT2D eigenvalue weighted by atomic mass is 10.3. The molecule has 0 radical (unpaired) electrons. The average molecular weight is 256 g/mol. The Kier molecular flexibility index (Phi) is 3.29. The number of hydrogen-bond acceptors (Lipinski definition) is 4. The third-order valence-electron chi connectivity index (χ3n) is 3.00. The Hall–Kier alpha value is -2.14. The van der Waals surface area contributed by atoms with Crippen molar-refractivity contribution in [1.29, 1.82) is 0 Å². The molecule has 0 aliphatic rings. The third kappa shape index (κ3) is 2.66. The Morgan fingerprint density at radius 3 is 3.00 bits per heavy atom. The molecule has 0 bridgehead atoms. The van der Waals surface area contributed by atoms with Crippen LogP contribution in [0, 0.1) is 6.92 Å². The minimum absolute atomic E-state index is 0.741. The van der Waals surface area contributed by atoms with E-state index in [1.807, 2.05) is 47.9 Å². The summed E-state index contributed by atoms with van der Waals surface area (Å²) in [6.45, 7) is 3.53. The van der Waals surface area contributed by atoms with Gasteiger partial charge in [-0.15, -0.1) is 10.2 Å². The maximum atomic E-state index is 5.50. The van der Waals surface area contributed by atoms with Gasteiger partial charge < -0.3 is 9.73 Å². The molecule has 3 rings (SSSR count). The zero-order chi connectivity index (χ0) is 13.1. The molecule has 5 heteroatoms. The fraction of sp³-hybridized carbons (Fsp3) is 0.286. The third-order valence-corrected chi connectivity index (χ3v) is 3.00. The van der Waals surface area contributed by atoms with E-state index in [-0.39, 0.29) is 0 Å². The first-order valence-corrected chi connectivity index (χ1v) is 6.37. The molecule has 19 heavy (non-hydrogen) atoms. The van der Waals surface area contributed by atoms with E-state index in [1.54, 1.807) is 0 Å². The summed E-state index contributed by atoms with van der Waals surface area (Å²) in [4.78, 5) is 0. The first-order chi connectivity index (χ1) is 9.33. The van der Waals surface area contributed by atoms with Gasteiger partial charge in [-0.2, -0.15) is 0 Å². The van der Waals surface area contributed by atoms with Crippen LogP contribution in [0.4, 0.5) is 0 Å². The lowest BCUT2D eigenvalue weighted by Gasteiger charge is -2.02. The molecule has 5 nitrogen and oxygen atoms in total. The summed E-state index contributed by atoms with van der Waals surface area (Å²) in [6, 6.07) is 9.87. The molecule has 0 saturated heterocycles. The summed E-state index contributed by atoms with van der Waals surface area (Å²) in [7, 11) is 0. The topological polar surface area (TPSA) is 55.4 Å². The maximum absolute atomic E-state index is 5.50. The normalized spacial score (nSPS) is 11.2. The van der Waals surface area contributed by atoms with Crippen molar-refractivity contribution in [2.24, 2.45) is 0 Å². The van der Waals surface area contributed by atoms with Crippen LogP contribution in [0.2, 0.25) is 0 Å². The summed E-state index contributed by atoms with van der Waals surface area (Å²) in [5.41, 5.74) is 0.888. The molecule has 0 aliphatic carbocycles. The second-order valence-electron chi connectivity index (χ2n) is 4.48. The van der Waals surface area contributed by atoms with Crippen LogP contribution in [0.25, 0.3) is 5.65 Å². The van der Waals surface area contributed by atoms with Crippen molar-refractivity contribution in [3.05, 3.63) is 53.9 Å². The number of aryl methyl sites for hydroxylation is 1. The molecular formula is C14H16N4O. The van der Waals surface area contributed by atoms with Crippen LogP contribution in [0.3, 0.4) is 0 Å². The van der Waals surface area contributed by atoms with E-state index >= 15 is 0 Å². The monoisotopic (exact) mass is 256 g/mol. The van der Waals surface area contributed by atoms with Crippen LogP contribution in [-0.2, 0) is 13.0 Å². The number of rotatable bonds is 5. The first-order valence-electron chi connectivity index (χ1n) is 6.37. The average Bonchev–Trinajstić information content (AvgIpc) is 3.02. The highest BCUT2D eigenvalue weighted by molar-refractivity contribution is 5.36. The number of nitrogens with one attached hydrogen (secondary N) is 1. The fourth-order valence-corrected chi connectivity index (χ4v) is 2.05. The van der Waals surface area contributed by atoms with Crippen molar-refractivity contribution >= 4 is 5.65 Å². The smallest absolute Gasteiger partial charge is 0.160 e. The number of hydrogen-bond donors (Lipinski definition) is 1. The van der Waals surface area contributed by atoms with Gasteiger partial charge in [0.25, 0.3) is 0 Å². The van der Waals surface area contributed by atoms with Gasteiger partial charge in [0.2, 0.25) is 0 Å². The van der Waals surface area contributed by atoms with Gasteiger partial charge in [-0.25, -0.2) is 0 Å². The van der Waals surface area contributed by atoms with Crippen LogP contribution in [0.1, 0.15) is 17.3 Å². The predicted octanol–water partition coefficient (Wildman–Crippen LogP) is 1.96. The van der Waals surface area contributed by atoms with Crippen molar-refractivity contribution in [2.45, 2.75) is 19.9 Å². The van der Waals surface area contributed by atoms with Gasteiger partial charge in [0.15, 0.2) is 5.65 Å². The zero-order valence-electron chi connectivity index (χ0n) is 10.8. The number of fused-ring (bicyclic) bond motifs is 1. The number of pyridine rings is 1. The van der Waals surface area contributed by atoms with Crippen molar-refractivity contribution in [1.82, 2.24) is 19.9 Å². The number of nitrogens with zero attached hydrogens (tertiary/aromatic N) is 3. The van der Waals surface area contributed by atoms with Gasteiger partial charge in [0, 0.05) is 19.2 Å². The molecule has 0 fully saturated rings. The van der Waals surface area contributed by atoms with Gasteiger partial charge in [-0.3, -0.25) is 4.40 Å². The largest absolute Gasteiger partial charge is 0.465 e. The molecule has 3 heterocycles. The lowest BCUT2D eigenvalue weighted by molar-refractivity contribution is 0.462. The molecule has 3 aromatic rings. The Labute approximate surface area is 111 Å². The number of furan rings is 1. The van der Waals surface area contributed by atoms with Crippen molar-refractivity contribution in [2.75, 3.05) is 6.54 Å². The quantitative estimate of drug-likeness (QED) is 0.709. The standard InChI is InChI=1S/C14H16N4O/c1-11-5-6-12(19-11)10-15-8-7-14-17-16-13-4-2-3-9-18(13)14/h2-6,9,15H,7-8,10H2,1H3. The Bertz CT molecular complexity index is 671. The second kappa shape index (κ2) is 5.24. The second-order valence-corrected chi connectivity index (χ2v) is 4.48. The Balaban J connectivity index is 1.55. The minimum Gasteiger partial charge on any atom is -0.465 e. The molecule has 0 amide bonds. The molecule has 3 aromatic heterocycles. The fourth-order valence-electron chi connectivity index (χ4n) is 2.05. The molecule has 0 aliphatic heterocycles. The van der Waals surface area contributed by atoms with Crippen LogP contribution in [0.15, 0.2) is 40.9 Å². The summed E-state index contributed by atoms with van der Waals surface area (Å²) in [5, 5.41) is 11.7. The maximum Gasteiger partial charge on any atom is 0.160 e. The van der Waals surface area contributed by atoms with Crippen LogP contribution in [-0.4, -0.2) is 21.1 Å². The van der Waals surface area contributed by atoms with E-state index in [0.29, 0.717) is 0 Å². The van der Waals surface area contributed by atoms with Gasteiger partial charge in [-0.05, 0) is 31.2 Å². The molecule has 0 spiro atoms. The van der Waals surface area contributed by atoms with Gasteiger partial charge in [0.1, 0.15) is 17.3 Å². The van der Waals surface area contributed by atoms with E-state index in [2.05, 4.69) is 15.5 Å². The molecular weight excluding hydrogens is 240 g/mol. The van der Waals surface area contributed by atoms with E-state index in [9.17, 15) is 0 Å². The van der Waals surface area contributed by atoms with Crippen LogP contribution in [0.5, 0.6) is 0 Å². The molecule has 1 N–H and O–H groups in total. The summed E-state index contributed by atoms with van der Waals surface area (Å²) >= 11 is 0. The van der Waals surface area contributed by atoms with E-state index in [0.717, 1.165) is 42.5 Å². The number of aromatic nitrogens is 3. The summed E-state index contributed by atoms with van der Waals surface area (Å²) in [5.74, 6) is 2.88. The van der Waals surface area contributed by atoms with Crippen molar-refractivity contribution in [3.63, 3.8) is 0 Å². The molecule has 0 aromatic carbocycles. The first kappa shape index (κ1) is 11.9. The van der Waals surface area contributed by atoms with Gasteiger partial charge >= 0.3 is 0 Å². The zero-order valence-corrected chi connectivity index (χ0v) is 10.8. The molecule has 0 atom stereocenters. The molecule has 98 valence electrons. The van der Waals surface area contributed by atoms with Crippen molar-refractivity contribution in [3.8, 4) is 0 Å². The van der Waals surface area contributed by atoms with Crippen LogP contribution < -0.4 is 5.32 Å². The van der Waals surface area contributed by atoms with E-state index in [4.69, 9.17) is 4.42 Å². The van der Waals surface area contributed by atoms with Crippen LogP contribution >= 0.6 is 0 Å². The lowest BCUT2D eigenvalue weighted by Crippen LogP contribution is -2.17. The van der Waals surface area contributed by atoms with Gasteiger partial charge in [-0.1, -0.05) is 6.07 Å². The summed E-state index contributed by atoms with van der Waals surface area (Å²) in [6.07, 6.45) is 2.82. The predicted molar refractivity (Wildman–Crippen MR) is 71.8 cm³/mol. The van der Waals surface area contributed by atoms with Gasteiger partial charge in [0.05, 0.1) is 6.54 Å². The highest BCUT2D eigenvalue weighted by Crippen LogP contribution is 2.06. The Morgan fingerprint density at radius 1 is 1.21 bits per heavy atom. The highest BCUT2D eigenvalue weighted by atomic mass is 16.3. The minimum atomic E-state index is 0.741. The molecule has 0 unspecified atom stereocenters. The van der Waals surface area contributed by atoms with E-state index in [1.165, 1.54) is 0 Å². The Morgan fingerprint density at radius 2 is 2.16 bits per heavy atom. The van der Waals surface area contributed by atoms with E-state index < -0.39 is 0 Å². The molecule has 0 saturated carbocycles. The highest BCUT2D eigenvalue weighted by Gasteiger charge is 2.04. The van der Waals surface area contributed by atoms with Crippen molar-refractivity contribution < 1.29 is 4.42 Å². The summed E-state index contributed by atoms with van der Waals surface area (Å²) < 4.78 is 7.51.